The van der Waals surface area contributed by atoms with Gasteiger partial charge in [-0.1, -0.05) is 6.92 Å². The van der Waals surface area contributed by atoms with Gasteiger partial charge in [0.15, 0.2) is 0 Å². The van der Waals surface area contributed by atoms with E-state index in [2.05, 4.69) is 22.0 Å². The van der Waals surface area contributed by atoms with Gasteiger partial charge in [0.1, 0.15) is 0 Å². The third kappa shape index (κ3) is 5.33. The van der Waals surface area contributed by atoms with Crippen LogP contribution in [0.5, 0.6) is 0 Å². The highest BCUT2D eigenvalue weighted by Crippen LogP contribution is 2.07. The molecule has 1 saturated heterocycles. The van der Waals surface area contributed by atoms with Crippen molar-refractivity contribution in [2.75, 3.05) is 45.9 Å². The summed E-state index contributed by atoms with van der Waals surface area (Å²) in [7, 11) is 0. The average Bonchev–Trinajstić information content (AvgIpc) is 2.31. The molecule has 0 unspecified atom stereocenters. The van der Waals surface area contributed by atoms with Crippen molar-refractivity contribution in [3.63, 3.8) is 0 Å². The normalized spacial score (nSPS) is 18.9. The molecule has 18 heavy (non-hydrogen) atoms. The maximum absolute atomic E-state index is 11.9. The second-order valence-corrected chi connectivity index (χ2v) is 5.63. The topological polar surface area (TPSA) is 55.8 Å². The van der Waals surface area contributed by atoms with Crippen LogP contribution in [0.4, 0.5) is 0 Å². The summed E-state index contributed by atoms with van der Waals surface area (Å²) in [4.78, 5) is 16.3. The molecule has 0 bridgehead atoms. The Kier molecular flexibility index (Phi) is 6.05. The summed E-state index contributed by atoms with van der Waals surface area (Å²) in [5.74, 6) is 0.109. The molecule has 1 rings (SSSR count). The molecular weight excluding hydrogens is 230 g/mol. The first-order chi connectivity index (χ1) is 8.46. The van der Waals surface area contributed by atoms with Crippen molar-refractivity contribution in [3.8, 4) is 0 Å². The minimum Gasteiger partial charge on any atom is -0.395 e. The number of rotatable bonds is 6. The molecule has 1 fully saturated rings. The highest BCUT2D eigenvalue weighted by Gasteiger charge is 2.22. The van der Waals surface area contributed by atoms with Crippen LogP contribution in [0, 0.1) is 0 Å². The van der Waals surface area contributed by atoms with Gasteiger partial charge in [-0.15, -0.1) is 0 Å². The van der Waals surface area contributed by atoms with Crippen LogP contribution in [0.15, 0.2) is 0 Å². The molecule has 106 valence electrons. The minimum atomic E-state index is -0.115. The van der Waals surface area contributed by atoms with E-state index >= 15 is 0 Å². The zero-order chi connectivity index (χ0) is 13.6. The van der Waals surface area contributed by atoms with Gasteiger partial charge >= 0.3 is 0 Å². The molecule has 1 heterocycles. The zero-order valence-electron chi connectivity index (χ0n) is 11.9. The molecule has 0 aliphatic carbocycles. The Bertz CT molecular complexity index is 261. The van der Waals surface area contributed by atoms with E-state index in [1.54, 1.807) is 0 Å². The average molecular weight is 257 g/mol. The lowest BCUT2D eigenvalue weighted by molar-refractivity contribution is -0.124. The number of carbonyl (C=O) groups is 1. The molecular formula is C13H27N3O2. The van der Waals surface area contributed by atoms with Crippen LogP contribution in [0.2, 0.25) is 0 Å². The third-order valence-corrected chi connectivity index (χ3v) is 3.61. The fourth-order valence-electron chi connectivity index (χ4n) is 2.02. The molecule has 5 heteroatoms. The summed E-state index contributed by atoms with van der Waals surface area (Å²) in [6.45, 7) is 11.3. The van der Waals surface area contributed by atoms with Gasteiger partial charge in [0, 0.05) is 38.3 Å². The summed E-state index contributed by atoms with van der Waals surface area (Å²) in [6.07, 6.45) is 0.934. The van der Waals surface area contributed by atoms with Crippen molar-refractivity contribution in [3.05, 3.63) is 0 Å². The maximum atomic E-state index is 11.9. The highest BCUT2D eigenvalue weighted by atomic mass is 16.3. The monoisotopic (exact) mass is 257 g/mol. The van der Waals surface area contributed by atoms with E-state index in [0.29, 0.717) is 6.54 Å². The van der Waals surface area contributed by atoms with Gasteiger partial charge in [0.05, 0.1) is 13.2 Å². The molecule has 0 atom stereocenters. The van der Waals surface area contributed by atoms with Crippen LogP contribution >= 0.6 is 0 Å². The molecule has 0 aromatic rings. The van der Waals surface area contributed by atoms with Crippen molar-refractivity contribution in [2.24, 2.45) is 0 Å². The first-order valence-electron chi connectivity index (χ1n) is 6.83. The minimum absolute atomic E-state index is 0.109. The van der Waals surface area contributed by atoms with Gasteiger partial charge in [0.2, 0.25) is 5.91 Å². The molecule has 0 saturated carbocycles. The summed E-state index contributed by atoms with van der Waals surface area (Å²) in [6, 6.07) is 0. The second-order valence-electron chi connectivity index (χ2n) is 5.63. The van der Waals surface area contributed by atoms with E-state index < -0.39 is 0 Å². The molecule has 2 N–H and O–H groups in total. The Balaban J connectivity index is 2.26. The predicted octanol–water partition coefficient (Wildman–Crippen LogP) is -0.0989. The van der Waals surface area contributed by atoms with Crippen molar-refractivity contribution in [1.29, 1.82) is 0 Å². The number of nitrogens with one attached hydrogen (secondary N) is 1. The number of amides is 1. The van der Waals surface area contributed by atoms with Gasteiger partial charge < -0.3 is 10.4 Å². The van der Waals surface area contributed by atoms with Gasteiger partial charge in [-0.3, -0.25) is 14.6 Å². The van der Waals surface area contributed by atoms with Crippen LogP contribution in [-0.4, -0.2) is 72.2 Å². The van der Waals surface area contributed by atoms with E-state index in [4.69, 9.17) is 5.11 Å². The van der Waals surface area contributed by atoms with E-state index in [1.165, 1.54) is 0 Å². The fraction of sp³-hybridized carbons (Fsp3) is 0.923. The van der Waals surface area contributed by atoms with Crippen LogP contribution in [0.1, 0.15) is 27.2 Å². The molecule has 0 radical (unpaired) electrons. The van der Waals surface area contributed by atoms with Crippen LogP contribution in [0.3, 0.4) is 0 Å². The van der Waals surface area contributed by atoms with Gasteiger partial charge in [-0.2, -0.15) is 0 Å². The lowest BCUT2D eigenvalue weighted by Gasteiger charge is -2.34. The lowest BCUT2D eigenvalue weighted by atomic mass is 10.0. The predicted molar refractivity (Wildman–Crippen MR) is 72.5 cm³/mol. The Morgan fingerprint density at radius 1 is 1.22 bits per heavy atom. The molecule has 0 spiro atoms. The Morgan fingerprint density at radius 3 is 2.28 bits per heavy atom. The van der Waals surface area contributed by atoms with Crippen LogP contribution in [0.25, 0.3) is 0 Å². The number of hydrogen-bond donors (Lipinski definition) is 2. The van der Waals surface area contributed by atoms with Gasteiger partial charge in [-0.05, 0) is 20.3 Å². The SMILES string of the molecule is CCC(C)(C)NC(=O)CN1CCN(CCO)CC1. The second kappa shape index (κ2) is 7.07. The molecule has 0 aromatic heterocycles. The van der Waals surface area contributed by atoms with Gasteiger partial charge in [-0.25, -0.2) is 0 Å². The first-order valence-corrected chi connectivity index (χ1v) is 6.83. The Hall–Kier alpha value is -0.650. The number of aliphatic hydroxyl groups is 1. The van der Waals surface area contributed by atoms with E-state index in [0.717, 1.165) is 39.1 Å². The number of nitrogens with zero attached hydrogens (tertiary/aromatic N) is 2. The number of aliphatic hydroxyl groups excluding tert-OH is 1. The number of β-amino-alcohol motifs (C(OH)–C–C–N with tert-alkyl or cyclic N) is 1. The number of piperazine rings is 1. The van der Waals surface area contributed by atoms with E-state index in [9.17, 15) is 4.79 Å². The summed E-state index contributed by atoms with van der Waals surface area (Å²) < 4.78 is 0. The van der Waals surface area contributed by atoms with Crippen molar-refractivity contribution < 1.29 is 9.90 Å². The molecule has 1 amide bonds. The van der Waals surface area contributed by atoms with Crippen LogP contribution < -0.4 is 5.32 Å². The van der Waals surface area contributed by atoms with Crippen molar-refractivity contribution in [2.45, 2.75) is 32.7 Å². The Labute approximate surface area is 110 Å². The number of hydrogen-bond acceptors (Lipinski definition) is 4. The van der Waals surface area contributed by atoms with E-state index in [1.807, 2.05) is 13.8 Å². The number of carbonyl (C=O) groups excluding carboxylic acids is 1. The van der Waals surface area contributed by atoms with Gasteiger partial charge in [0.25, 0.3) is 0 Å². The molecule has 5 nitrogen and oxygen atoms in total. The molecule has 1 aliphatic rings. The maximum Gasteiger partial charge on any atom is 0.234 e. The van der Waals surface area contributed by atoms with E-state index in [-0.39, 0.29) is 18.1 Å². The lowest BCUT2D eigenvalue weighted by Crippen LogP contribution is -2.52. The fourth-order valence-corrected chi connectivity index (χ4v) is 2.02. The summed E-state index contributed by atoms with van der Waals surface area (Å²) in [5.41, 5.74) is -0.115. The molecule has 1 aliphatic heterocycles. The largest absolute Gasteiger partial charge is 0.395 e. The highest BCUT2D eigenvalue weighted by molar-refractivity contribution is 5.78. The van der Waals surface area contributed by atoms with Crippen molar-refractivity contribution >= 4 is 5.91 Å². The quantitative estimate of drug-likeness (QED) is 0.698. The summed E-state index contributed by atoms with van der Waals surface area (Å²) in [5, 5.41) is 11.9. The molecule has 0 aromatic carbocycles. The first kappa shape index (κ1) is 15.4. The smallest absolute Gasteiger partial charge is 0.234 e. The summed E-state index contributed by atoms with van der Waals surface area (Å²) >= 11 is 0. The Morgan fingerprint density at radius 2 is 1.78 bits per heavy atom. The van der Waals surface area contributed by atoms with Crippen molar-refractivity contribution in [1.82, 2.24) is 15.1 Å². The van der Waals surface area contributed by atoms with Crippen LogP contribution in [-0.2, 0) is 4.79 Å². The third-order valence-electron chi connectivity index (χ3n) is 3.61. The standard InChI is InChI=1S/C13H27N3O2/c1-4-13(2,3)14-12(18)11-16-7-5-15(6-8-16)9-10-17/h17H,4-11H2,1-3H3,(H,14,18). The zero-order valence-corrected chi connectivity index (χ0v) is 11.9.